The fourth-order valence-electron chi connectivity index (χ4n) is 4.04. The third-order valence-corrected chi connectivity index (χ3v) is 5.45. The molecule has 0 spiro atoms. The Hall–Kier alpha value is -3.01. The van der Waals surface area contributed by atoms with Crippen LogP contribution < -0.4 is 10.5 Å². The highest BCUT2D eigenvalue weighted by Gasteiger charge is 2.24. The summed E-state index contributed by atoms with van der Waals surface area (Å²) in [6.07, 6.45) is 2.78. The van der Waals surface area contributed by atoms with Crippen molar-refractivity contribution in [1.82, 2.24) is 4.57 Å². The van der Waals surface area contributed by atoms with Gasteiger partial charge >= 0.3 is 0 Å². The van der Waals surface area contributed by atoms with Crippen molar-refractivity contribution in [3.63, 3.8) is 0 Å². The topological polar surface area (TPSA) is 57.2 Å². The lowest BCUT2D eigenvalue weighted by Gasteiger charge is -2.13. The Bertz CT molecular complexity index is 1000. The minimum atomic E-state index is -0.362. The molecule has 4 nitrogen and oxygen atoms in total. The van der Waals surface area contributed by atoms with Crippen LogP contribution in [-0.2, 0) is 19.4 Å². The molecule has 1 amide bonds. The van der Waals surface area contributed by atoms with E-state index in [2.05, 4.69) is 48.7 Å². The fraction of sp³-hybridized carbons (Fsp3) is 0.320. The zero-order valence-electron chi connectivity index (χ0n) is 17.8. The van der Waals surface area contributed by atoms with Crippen LogP contribution in [0.15, 0.2) is 48.5 Å². The van der Waals surface area contributed by atoms with Gasteiger partial charge in [0, 0.05) is 23.5 Å². The van der Waals surface area contributed by atoms with Crippen molar-refractivity contribution in [2.45, 2.75) is 46.6 Å². The Morgan fingerprint density at radius 2 is 1.79 bits per heavy atom. The quantitative estimate of drug-likeness (QED) is 0.583. The maximum atomic E-state index is 12.4. The number of amides is 1. The molecule has 1 heterocycles. The number of hydrogen-bond acceptors (Lipinski definition) is 2. The van der Waals surface area contributed by atoms with E-state index in [1.807, 2.05) is 25.1 Å². The van der Waals surface area contributed by atoms with Gasteiger partial charge in [0.1, 0.15) is 5.75 Å². The van der Waals surface area contributed by atoms with E-state index in [4.69, 9.17) is 10.5 Å². The van der Waals surface area contributed by atoms with Crippen LogP contribution in [0.5, 0.6) is 5.75 Å². The van der Waals surface area contributed by atoms with Crippen molar-refractivity contribution in [2.24, 2.45) is 5.73 Å². The molecule has 0 radical (unpaired) electrons. The van der Waals surface area contributed by atoms with Crippen molar-refractivity contribution >= 4 is 5.91 Å². The first-order valence-electron chi connectivity index (χ1n) is 10.2. The second-order valence-electron chi connectivity index (χ2n) is 7.52. The number of aryl methyl sites for hydroxylation is 2. The first kappa shape index (κ1) is 20.7. The van der Waals surface area contributed by atoms with Crippen molar-refractivity contribution in [1.29, 1.82) is 0 Å². The van der Waals surface area contributed by atoms with Gasteiger partial charge in [-0.1, -0.05) is 55.3 Å². The molecule has 0 fully saturated rings. The van der Waals surface area contributed by atoms with E-state index in [-0.39, 0.29) is 5.91 Å². The monoisotopic (exact) mass is 390 g/mol. The Kier molecular flexibility index (Phi) is 6.42. The lowest BCUT2D eigenvalue weighted by Crippen LogP contribution is -2.14. The molecule has 0 unspecified atom stereocenters. The van der Waals surface area contributed by atoms with Gasteiger partial charge in [-0.25, -0.2) is 0 Å². The standard InChI is InChI=1S/C25H30N2O2/c1-5-7-22-24(20-9-6-8-17(2)16-20)23(25(26)28)18(3)27(22)15-14-19-10-12-21(29-4)13-11-19/h6,8-13,16H,5,7,14-15H2,1-4H3,(H2,26,28). The summed E-state index contributed by atoms with van der Waals surface area (Å²) in [4.78, 5) is 12.4. The summed E-state index contributed by atoms with van der Waals surface area (Å²) in [5.74, 6) is 0.495. The number of ether oxygens (including phenoxy) is 1. The summed E-state index contributed by atoms with van der Waals surface area (Å²) in [5, 5.41) is 0. The number of nitrogens with two attached hydrogens (primary N) is 1. The molecule has 2 N–H and O–H groups in total. The molecule has 0 atom stereocenters. The van der Waals surface area contributed by atoms with Gasteiger partial charge in [0.05, 0.1) is 12.7 Å². The molecule has 0 saturated heterocycles. The highest BCUT2D eigenvalue weighted by Crippen LogP contribution is 2.34. The lowest BCUT2D eigenvalue weighted by molar-refractivity contribution is 0.1000. The van der Waals surface area contributed by atoms with Crippen molar-refractivity contribution in [3.8, 4) is 16.9 Å². The van der Waals surface area contributed by atoms with E-state index in [9.17, 15) is 4.79 Å². The van der Waals surface area contributed by atoms with E-state index in [1.165, 1.54) is 16.8 Å². The third kappa shape index (κ3) is 4.37. The van der Waals surface area contributed by atoms with Crippen LogP contribution in [0.2, 0.25) is 0 Å². The van der Waals surface area contributed by atoms with Gasteiger partial charge in [-0.3, -0.25) is 4.79 Å². The predicted molar refractivity (Wildman–Crippen MR) is 119 cm³/mol. The smallest absolute Gasteiger partial charge is 0.251 e. The number of carbonyl (C=O) groups is 1. The molecule has 2 aromatic carbocycles. The summed E-state index contributed by atoms with van der Waals surface area (Å²) < 4.78 is 7.53. The molecule has 0 saturated carbocycles. The number of aromatic nitrogens is 1. The summed E-state index contributed by atoms with van der Waals surface area (Å²) in [6.45, 7) is 7.05. The average Bonchev–Trinajstić information content (AvgIpc) is 2.99. The van der Waals surface area contributed by atoms with Crippen molar-refractivity contribution in [3.05, 3.63) is 76.6 Å². The Labute approximate surface area is 173 Å². The number of carbonyl (C=O) groups excluding carboxylic acids is 1. The average molecular weight is 391 g/mol. The second-order valence-corrected chi connectivity index (χ2v) is 7.52. The van der Waals surface area contributed by atoms with Crippen molar-refractivity contribution < 1.29 is 9.53 Å². The van der Waals surface area contributed by atoms with E-state index < -0.39 is 0 Å². The normalized spacial score (nSPS) is 10.9. The molecule has 3 aromatic rings. The van der Waals surface area contributed by atoms with Gasteiger partial charge in [0.15, 0.2) is 0 Å². The summed E-state index contributed by atoms with van der Waals surface area (Å²) in [6, 6.07) is 16.5. The summed E-state index contributed by atoms with van der Waals surface area (Å²) in [5.41, 5.74) is 13.1. The highest BCUT2D eigenvalue weighted by molar-refractivity contribution is 6.02. The minimum Gasteiger partial charge on any atom is -0.497 e. The van der Waals surface area contributed by atoms with E-state index in [0.29, 0.717) is 5.56 Å². The zero-order valence-corrected chi connectivity index (χ0v) is 17.8. The number of hydrogen-bond donors (Lipinski definition) is 1. The van der Waals surface area contributed by atoms with Crippen LogP contribution in [-0.4, -0.2) is 17.6 Å². The molecular weight excluding hydrogens is 360 g/mol. The fourth-order valence-corrected chi connectivity index (χ4v) is 4.04. The minimum absolute atomic E-state index is 0.362. The van der Waals surface area contributed by atoms with Gasteiger partial charge < -0.3 is 15.0 Å². The predicted octanol–water partition coefficient (Wildman–Crippen LogP) is 5.07. The first-order chi connectivity index (χ1) is 14.0. The number of benzene rings is 2. The summed E-state index contributed by atoms with van der Waals surface area (Å²) in [7, 11) is 1.67. The molecule has 3 rings (SSSR count). The van der Waals surface area contributed by atoms with Gasteiger partial charge in [-0.15, -0.1) is 0 Å². The number of nitrogens with zero attached hydrogens (tertiary/aromatic N) is 1. The van der Waals surface area contributed by atoms with Crippen LogP contribution in [0.4, 0.5) is 0 Å². The maximum Gasteiger partial charge on any atom is 0.251 e. The molecule has 0 aliphatic heterocycles. The van der Waals surface area contributed by atoms with Crippen LogP contribution >= 0.6 is 0 Å². The molecule has 0 aliphatic carbocycles. The van der Waals surface area contributed by atoms with E-state index in [1.54, 1.807) is 7.11 Å². The Balaban J connectivity index is 2.05. The number of rotatable bonds is 8. The molecule has 1 aromatic heterocycles. The third-order valence-electron chi connectivity index (χ3n) is 5.45. The van der Waals surface area contributed by atoms with Crippen LogP contribution in [0, 0.1) is 13.8 Å². The lowest BCUT2D eigenvalue weighted by atomic mass is 9.97. The second kappa shape index (κ2) is 8.99. The molecule has 152 valence electrons. The largest absolute Gasteiger partial charge is 0.497 e. The van der Waals surface area contributed by atoms with E-state index in [0.717, 1.165) is 48.4 Å². The Morgan fingerprint density at radius 3 is 2.38 bits per heavy atom. The molecule has 0 aliphatic rings. The molecule has 0 bridgehead atoms. The van der Waals surface area contributed by atoms with Gasteiger partial charge in [-0.2, -0.15) is 0 Å². The van der Waals surface area contributed by atoms with Gasteiger partial charge in [0.2, 0.25) is 0 Å². The van der Waals surface area contributed by atoms with Crippen LogP contribution in [0.1, 0.15) is 46.2 Å². The van der Waals surface area contributed by atoms with Crippen LogP contribution in [0.25, 0.3) is 11.1 Å². The molecular formula is C25H30N2O2. The highest BCUT2D eigenvalue weighted by atomic mass is 16.5. The SMILES string of the molecule is CCCc1c(-c2cccc(C)c2)c(C(N)=O)c(C)n1CCc1ccc(OC)cc1. The number of methoxy groups -OCH3 is 1. The van der Waals surface area contributed by atoms with Gasteiger partial charge in [0.25, 0.3) is 5.91 Å². The summed E-state index contributed by atoms with van der Waals surface area (Å²) >= 11 is 0. The van der Waals surface area contributed by atoms with Crippen LogP contribution in [0.3, 0.4) is 0 Å². The van der Waals surface area contributed by atoms with E-state index >= 15 is 0 Å². The maximum absolute atomic E-state index is 12.4. The van der Waals surface area contributed by atoms with Gasteiger partial charge in [-0.05, 0) is 49.9 Å². The zero-order chi connectivity index (χ0) is 21.0. The molecule has 4 heteroatoms. The Morgan fingerprint density at radius 1 is 1.07 bits per heavy atom. The number of primary amides is 1. The van der Waals surface area contributed by atoms with Crippen molar-refractivity contribution in [2.75, 3.05) is 7.11 Å². The molecule has 29 heavy (non-hydrogen) atoms. The first-order valence-corrected chi connectivity index (χ1v) is 10.2.